The van der Waals surface area contributed by atoms with Gasteiger partial charge in [0.15, 0.2) is 11.5 Å². The molecule has 1 atom stereocenters. The van der Waals surface area contributed by atoms with Crippen LogP contribution in [0.5, 0.6) is 11.5 Å². The lowest BCUT2D eigenvalue weighted by Crippen LogP contribution is -2.20. The van der Waals surface area contributed by atoms with Gasteiger partial charge in [-0.3, -0.25) is 4.79 Å². The Morgan fingerprint density at radius 1 is 0.929 bits per heavy atom. The minimum atomic E-state index is -0.420. The van der Waals surface area contributed by atoms with E-state index >= 15 is 0 Å². The molecule has 1 amide bonds. The fraction of sp³-hybridized carbons (Fsp3) is 0.136. The van der Waals surface area contributed by atoms with Crippen molar-refractivity contribution in [3.63, 3.8) is 0 Å². The summed E-state index contributed by atoms with van der Waals surface area (Å²) in [6.07, 6.45) is 0. The molecule has 4 rings (SSSR count). The summed E-state index contributed by atoms with van der Waals surface area (Å²) in [5, 5.41) is 2.58. The van der Waals surface area contributed by atoms with Crippen molar-refractivity contribution >= 4 is 29.0 Å². The zero-order chi connectivity index (χ0) is 19.3. The highest BCUT2D eigenvalue weighted by Crippen LogP contribution is 2.38. The molecule has 1 heterocycles. The van der Waals surface area contributed by atoms with Gasteiger partial charge in [0.25, 0.3) is 0 Å². The molecule has 142 valence electrons. The molecule has 1 unspecified atom stereocenters. The Labute approximate surface area is 167 Å². The van der Waals surface area contributed by atoms with Gasteiger partial charge in [0.2, 0.25) is 5.91 Å². The van der Waals surface area contributed by atoms with Crippen molar-refractivity contribution in [2.45, 2.75) is 10.1 Å². The second-order valence-corrected chi connectivity index (χ2v) is 7.51. The summed E-state index contributed by atoms with van der Waals surface area (Å²) in [7, 11) is 0. The number of hydrogen-bond acceptors (Lipinski definition) is 5. The molecule has 0 aliphatic carbocycles. The number of anilines is 2. The van der Waals surface area contributed by atoms with E-state index < -0.39 is 5.25 Å². The van der Waals surface area contributed by atoms with Gasteiger partial charge in [-0.15, -0.1) is 11.8 Å². The van der Waals surface area contributed by atoms with E-state index in [4.69, 9.17) is 15.2 Å². The first-order valence-electron chi connectivity index (χ1n) is 8.97. The number of nitrogens with one attached hydrogen (secondary N) is 1. The Morgan fingerprint density at radius 2 is 1.71 bits per heavy atom. The number of thioether (sulfide) groups is 1. The number of ether oxygens (including phenoxy) is 2. The van der Waals surface area contributed by atoms with E-state index in [0.29, 0.717) is 36.1 Å². The van der Waals surface area contributed by atoms with Crippen LogP contribution >= 0.6 is 11.8 Å². The Kier molecular flexibility index (Phi) is 5.39. The summed E-state index contributed by atoms with van der Waals surface area (Å²) in [4.78, 5) is 14.1. The summed E-state index contributed by atoms with van der Waals surface area (Å²) in [6, 6.07) is 22.7. The van der Waals surface area contributed by atoms with Crippen LogP contribution in [0.15, 0.2) is 77.7 Å². The van der Waals surface area contributed by atoms with E-state index in [1.165, 1.54) is 11.8 Å². The van der Waals surface area contributed by atoms with Crippen LogP contribution in [0.2, 0.25) is 0 Å². The quantitative estimate of drug-likeness (QED) is 0.494. The number of nitrogens with two attached hydrogens (primary N) is 1. The molecule has 1 aliphatic rings. The SMILES string of the molecule is Nc1cccc(SC(C(=O)Nc2ccc3c(c2)OCCO3)c2ccccc2)c1. The van der Waals surface area contributed by atoms with Gasteiger partial charge in [-0.25, -0.2) is 0 Å². The van der Waals surface area contributed by atoms with E-state index in [1.807, 2.05) is 66.7 Å². The Morgan fingerprint density at radius 3 is 2.50 bits per heavy atom. The molecule has 0 saturated carbocycles. The lowest BCUT2D eigenvalue weighted by atomic mass is 10.1. The number of carbonyl (C=O) groups is 1. The molecule has 3 aromatic rings. The average Bonchev–Trinajstić information content (AvgIpc) is 2.72. The number of nitrogen functional groups attached to an aromatic ring is 1. The maximum atomic E-state index is 13.1. The van der Waals surface area contributed by atoms with E-state index in [1.54, 1.807) is 6.07 Å². The molecular formula is C22H20N2O3S. The van der Waals surface area contributed by atoms with Crippen LogP contribution in [0.3, 0.4) is 0 Å². The van der Waals surface area contributed by atoms with Gasteiger partial charge in [-0.05, 0) is 35.9 Å². The largest absolute Gasteiger partial charge is 0.486 e. The maximum absolute atomic E-state index is 13.1. The van der Waals surface area contributed by atoms with Crippen molar-refractivity contribution in [3.8, 4) is 11.5 Å². The van der Waals surface area contributed by atoms with Crippen LogP contribution in [0.1, 0.15) is 10.8 Å². The summed E-state index contributed by atoms with van der Waals surface area (Å²) >= 11 is 1.46. The van der Waals surface area contributed by atoms with Crippen molar-refractivity contribution < 1.29 is 14.3 Å². The van der Waals surface area contributed by atoms with Gasteiger partial charge in [0.05, 0.1) is 0 Å². The first-order chi connectivity index (χ1) is 13.7. The van der Waals surface area contributed by atoms with E-state index in [2.05, 4.69) is 5.32 Å². The topological polar surface area (TPSA) is 73.6 Å². The van der Waals surface area contributed by atoms with Crippen LogP contribution in [-0.2, 0) is 4.79 Å². The molecule has 3 N–H and O–H groups in total. The Hall–Kier alpha value is -3.12. The number of amides is 1. The third kappa shape index (κ3) is 4.23. The predicted octanol–water partition coefficient (Wildman–Crippen LogP) is 4.51. The lowest BCUT2D eigenvalue weighted by molar-refractivity contribution is -0.115. The predicted molar refractivity (Wildman–Crippen MR) is 112 cm³/mol. The minimum absolute atomic E-state index is 0.115. The highest BCUT2D eigenvalue weighted by atomic mass is 32.2. The molecule has 3 aromatic carbocycles. The Bertz CT molecular complexity index is 979. The van der Waals surface area contributed by atoms with Gasteiger partial charge in [0, 0.05) is 22.3 Å². The second-order valence-electron chi connectivity index (χ2n) is 6.33. The summed E-state index contributed by atoms with van der Waals surface area (Å²) in [6.45, 7) is 1.04. The van der Waals surface area contributed by atoms with E-state index in [0.717, 1.165) is 10.5 Å². The lowest BCUT2D eigenvalue weighted by Gasteiger charge is -2.20. The number of benzene rings is 3. The minimum Gasteiger partial charge on any atom is -0.486 e. The van der Waals surface area contributed by atoms with Crippen molar-refractivity contribution in [2.75, 3.05) is 24.3 Å². The highest BCUT2D eigenvalue weighted by molar-refractivity contribution is 8.00. The molecule has 0 bridgehead atoms. The van der Waals surface area contributed by atoms with Gasteiger partial charge < -0.3 is 20.5 Å². The van der Waals surface area contributed by atoms with Crippen molar-refractivity contribution in [1.29, 1.82) is 0 Å². The number of rotatable bonds is 5. The number of hydrogen-bond donors (Lipinski definition) is 2. The fourth-order valence-corrected chi connectivity index (χ4v) is 4.05. The molecule has 1 aliphatic heterocycles. The van der Waals surface area contributed by atoms with Crippen molar-refractivity contribution in [1.82, 2.24) is 0 Å². The van der Waals surface area contributed by atoms with Crippen LogP contribution < -0.4 is 20.5 Å². The molecule has 5 nitrogen and oxygen atoms in total. The Balaban J connectivity index is 1.58. The maximum Gasteiger partial charge on any atom is 0.242 e. The van der Waals surface area contributed by atoms with E-state index in [9.17, 15) is 4.79 Å². The third-order valence-corrected chi connectivity index (χ3v) is 5.51. The molecule has 0 fully saturated rings. The van der Waals surface area contributed by atoms with Gasteiger partial charge >= 0.3 is 0 Å². The summed E-state index contributed by atoms with van der Waals surface area (Å²) in [5.41, 5.74) is 8.16. The van der Waals surface area contributed by atoms with E-state index in [-0.39, 0.29) is 5.91 Å². The van der Waals surface area contributed by atoms with Gasteiger partial charge in [-0.2, -0.15) is 0 Å². The molecular weight excluding hydrogens is 372 g/mol. The first kappa shape index (κ1) is 18.3. The zero-order valence-electron chi connectivity index (χ0n) is 15.1. The molecule has 28 heavy (non-hydrogen) atoms. The van der Waals surface area contributed by atoms with Crippen LogP contribution in [0, 0.1) is 0 Å². The number of carbonyl (C=O) groups excluding carboxylic acids is 1. The molecule has 0 aromatic heterocycles. The standard InChI is InChI=1S/C22H20N2O3S/c23-16-7-4-8-18(13-16)28-21(15-5-2-1-3-6-15)22(25)24-17-9-10-19-20(14-17)27-12-11-26-19/h1-10,13-14,21H,11-12,23H2,(H,24,25). The summed E-state index contributed by atoms with van der Waals surface area (Å²) < 4.78 is 11.1. The smallest absolute Gasteiger partial charge is 0.242 e. The molecule has 0 spiro atoms. The van der Waals surface area contributed by atoms with Crippen LogP contribution in [0.4, 0.5) is 11.4 Å². The fourth-order valence-electron chi connectivity index (χ4n) is 2.95. The van der Waals surface area contributed by atoms with Crippen LogP contribution in [-0.4, -0.2) is 19.1 Å². The van der Waals surface area contributed by atoms with Crippen molar-refractivity contribution in [2.24, 2.45) is 0 Å². The highest BCUT2D eigenvalue weighted by Gasteiger charge is 2.23. The molecule has 0 saturated heterocycles. The summed E-state index contributed by atoms with van der Waals surface area (Å²) in [5.74, 6) is 1.22. The second kappa shape index (κ2) is 8.27. The first-order valence-corrected chi connectivity index (χ1v) is 9.85. The monoisotopic (exact) mass is 392 g/mol. The van der Waals surface area contributed by atoms with Gasteiger partial charge in [-0.1, -0.05) is 36.4 Å². The molecule has 6 heteroatoms. The van der Waals surface area contributed by atoms with Crippen molar-refractivity contribution in [3.05, 3.63) is 78.4 Å². The third-order valence-electron chi connectivity index (χ3n) is 4.26. The van der Waals surface area contributed by atoms with Gasteiger partial charge in [0.1, 0.15) is 18.5 Å². The molecule has 0 radical (unpaired) electrons. The average molecular weight is 392 g/mol. The zero-order valence-corrected chi connectivity index (χ0v) is 15.9. The normalized spacial score (nSPS) is 13.6. The number of fused-ring (bicyclic) bond motifs is 1. The van der Waals surface area contributed by atoms with Crippen LogP contribution in [0.25, 0.3) is 0 Å².